The Morgan fingerprint density at radius 3 is 2.85 bits per heavy atom. The van der Waals surface area contributed by atoms with E-state index in [0.29, 0.717) is 13.1 Å². The Labute approximate surface area is 123 Å². The van der Waals surface area contributed by atoms with E-state index < -0.39 is 10.0 Å². The normalized spacial score (nSPS) is 17.2. The van der Waals surface area contributed by atoms with Gasteiger partial charge < -0.3 is 11.1 Å². The van der Waals surface area contributed by atoms with Gasteiger partial charge >= 0.3 is 0 Å². The first-order valence-corrected chi connectivity index (χ1v) is 8.19. The molecular weight excluding hydrogens is 302 g/mol. The highest BCUT2D eigenvalue weighted by molar-refractivity contribution is 7.89. The van der Waals surface area contributed by atoms with Crippen LogP contribution < -0.4 is 15.8 Å². The molecule has 0 bridgehead atoms. The number of sulfonamides is 1. The number of hydrogen-bond acceptors (Lipinski definition) is 6. The maximum absolute atomic E-state index is 12.1. The van der Waals surface area contributed by atoms with E-state index in [-0.39, 0.29) is 15.7 Å². The maximum Gasteiger partial charge on any atom is 0.244 e. The van der Waals surface area contributed by atoms with E-state index in [1.165, 1.54) is 12.3 Å². The van der Waals surface area contributed by atoms with Gasteiger partial charge in [0.2, 0.25) is 10.0 Å². The SMILES string of the molecule is Nc1ncc(Cl)cc1S(=O)(=O)NCCN1CCNCC1. The first-order chi connectivity index (χ1) is 9.49. The van der Waals surface area contributed by atoms with Crippen LogP contribution in [0.3, 0.4) is 0 Å². The fourth-order valence-corrected chi connectivity index (χ4v) is 3.35. The number of halogens is 1. The lowest BCUT2D eigenvalue weighted by Crippen LogP contribution is -2.46. The number of aromatic nitrogens is 1. The van der Waals surface area contributed by atoms with Crippen molar-refractivity contribution in [3.8, 4) is 0 Å². The molecule has 1 aromatic heterocycles. The van der Waals surface area contributed by atoms with Gasteiger partial charge in [0.05, 0.1) is 5.02 Å². The van der Waals surface area contributed by atoms with Gasteiger partial charge in [0.15, 0.2) is 0 Å². The quantitative estimate of drug-likeness (QED) is 0.676. The number of nitrogen functional groups attached to an aromatic ring is 1. The molecule has 0 unspecified atom stereocenters. The number of piperazine rings is 1. The van der Waals surface area contributed by atoms with Gasteiger partial charge in [-0.3, -0.25) is 4.90 Å². The van der Waals surface area contributed by atoms with Gasteiger partial charge in [-0.1, -0.05) is 11.6 Å². The number of nitrogens with two attached hydrogens (primary N) is 1. The van der Waals surface area contributed by atoms with Crippen LogP contribution in [0.15, 0.2) is 17.2 Å². The van der Waals surface area contributed by atoms with Crippen LogP contribution in [0, 0.1) is 0 Å². The van der Waals surface area contributed by atoms with Crippen molar-refractivity contribution in [1.29, 1.82) is 0 Å². The van der Waals surface area contributed by atoms with E-state index in [4.69, 9.17) is 17.3 Å². The summed E-state index contributed by atoms with van der Waals surface area (Å²) in [7, 11) is -3.68. The third-order valence-electron chi connectivity index (χ3n) is 3.07. The van der Waals surface area contributed by atoms with Gasteiger partial charge in [-0.2, -0.15) is 0 Å². The Kier molecular flexibility index (Phi) is 5.17. The third-order valence-corrected chi connectivity index (χ3v) is 4.76. The molecule has 1 saturated heterocycles. The largest absolute Gasteiger partial charge is 0.383 e. The highest BCUT2D eigenvalue weighted by Crippen LogP contribution is 2.19. The molecule has 4 N–H and O–H groups in total. The maximum atomic E-state index is 12.1. The molecule has 0 amide bonds. The molecule has 0 atom stereocenters. The minimum absolute atomic E-state index is 0.0518. The first kappa shape index (κ1) is 15.5. The van der Waals surface area contributed by atoms with E-state index >= 15 is 0 Å². The second-order valence-electron chi connectivity index (χ2n) is 4.53. The Morgan fingerprint density at radius 2 is 2.15 bits per heavy atom. The fourth-order valence-electron chi connectivity index (χ4n) is 2.00. The number of nitrogens with zero attached hydrogens (tertiary/aromatic N) is 2. The topological polar surface area (TPSA) is 100 Å². The van der Waals surface area contributed by atoms with E-state index in [0.717, 1.165) is 26.2 Å². The van der Waals surface area contributed by atoms with Gasteiger partial charge in [-0.25, -0.2) is 18.1 Å². The first-order valence-electron chi connectivity index (χ1n) is 6.33. The highest BCUT2D eigenvalue weighted by atomic mass is 35.5. The Balaban J connectivity index is 1.95. The molecule has 0 saturated carbocycles. The molecule has 2 heterocycles. The summed E-state index contributed by atoms with van der Waals surface area (Å²) in [5.74, 6) is -0.0518. The summed E-state index contributed by atoms with van der Waals surface area (Å²) in [5.41, 5.74) is 5.58. The van der Waals surface area contributed by atoms with Crippen molar-refractivity contribution in [3.05, 3.63) is 17.3 Å². The molecule has 0 aliphatic carbocycles. The zero-order valence-electron chi connectivity index (χ0n) is 11.0. The molecule has 7 nitrogen and oxygen atoms in total. The second-order valence-corrected chi connectivity index (χ2v) is 6.70. The molecule has 0 spiro atoms. The van der Waals surface area contributed by atoms with Gasteiger partial charge in [0, 0.05) is 45.5 Å². The van der Waals surface area contributed by atoms with E-state index in [2.05, 4.69) is 19.9 Å². The van der Waals surface area contributed by atoms with Crippen LogP contribution in [-0.2, 0) is 10.0 Å². The Bertz CT molecular complexity index is 560. The van der Waals surface area contributed by atoms with Crippen molar-refractivity contribution in [1.82, 2.24) is 19.9 Å². The lowest BCUT2D eigenvalue weighted by molar-refractivity contribution is 0.245. The molecule has 9 heteroatoms. The average Bonchev–Trinajstić information content (AvgIpc) is 2.42. The van der Waals surface area contributed by atoms with Gasteiger partial charge in [0.25, 0.3) is 0 Å². The average molecular weight is 320 g/mol. The van der Waals surface area contributed by atoms with Crippen LogP contribution in [0.25, 0.3) is 0 Å². The summed E-state index contributed by atoms with van der Waals surface area (Å²) < 4.78 is 26.8. The lowest BCUT2D eigenvalue weighted by atomic mass is 10.3. The minimum atomic E-state index is -3.68. The number of pyridine rings is 1. The standard InChI is InChI=1S/C11H18ClN5O2S/c12-9-7-10(11(13)15-8-9)20(18,19)16-3-6-17-4-1-14-2-5-17/h7-8,14,16H,1-6H2,(H2,13,15). The van der Waals surface area contributed by atoms with E-state index in [9.17, 15) is 8.42 Å². The van der Waals surface area contributed by atoms with Crippen molar-refractivity contribution < 1.29 is 8.42 Å². The number of nitrogens with one attached hydrogen (secondary N) is 2. The van der Waals surface area contributed by atoms with E-state index in [1.54, 1.807) is 0 Å². The predicted molar refractivity (Wildman–Crippen MR) is 78.2 cm³/mol. The van der Waals surface area contributed by atoms with Crippen molar-refractivity contribution in [2.24, 2.45) is 0 Å². The molecule has 2 rings (SSSR count). The summed E-state index contributed by atoms with van der Waals surface area (Å²) in [4.78, 5) is 5.87. The molecule has 1 aliphatic heterocycles. The predicted octanol–water partition coefficient (Wildman–Crippen LogP) is -0.499. The molecule has 112 valence electrons. The number of anilines is 1. The van der Waals surface area contributed by atoms with Crippen LogP contribution in [-0.4, -0.2) is 57.6 Å². The third kappa shape index (κ3) is 4.03. The second kappa shape index (κ2) is 6.68. The molecule has 20 heavy (non-hydrogen) atoms. The molecule has 0 radical (unpaired) electrons. The van der Waals surface area contributed by atoms with Crippen molar-refractivity contribution in [3.63, 3.8) is 0 Å². The fraction of sp³-hybridized carbons (Fsp3) is 0.545. The summed E-state index contributed by atoms with van der Waals surface area (Å²) >= 11 is 5.75. The van der Waals surface area contributed by atoms with Crippen LogP contribution >= 0.6 is 11.6 Å². The van der Waals surface area contributed by atoms with E-state index in [1.807, 2.05) is 0 Å². The zero-order chi connectivity index (χ0) is 14.6. The lowest BCUT2D eigenvalue weighted by Gasteiger charge is -2.27. The summed E-state index contributed by atoms with van der Waals surface area (Å²) in [6.07, 6.45) is 1.32. The molecule has 1 fully saturated rings. The van der Waals surface area contributed by atoms with Crippen LogP contribution in [0.4, 0.5) is 5.82 Å². The minimum Gasteiger partial charge on any atom is -0.383 e. The number of rotatable bonds is 5. The monoisotopic (exact) mass is 319 g/mol. The van der Waals surface area contributed by atoms with Crippen LogP contribution in [0.2, 0.25) is 5.02 Å². The summed E-state index contributed by atoms with van der Waals surface area (Å²) in [6.45, 7) is 4.68. The highest BCUT2D eigenvalue weighted by Gasteiger charge is 2.19. The molecule has 1 aromatic rings. The van der Waals surface area contributed by atoms with Gasteiger partial charge in [0.1, 0.15) is 10.7 Å². The van der Waals surface area contributed by atoms with Crippen LogP contribution in [0.5, 0.6) is 0 Å². The smallest absolute Gasteiger partial charge is 0.244 e. The Hall–Kier alpha value is -0.930. The van der Waals surface area contributed by atoms with Crippen molar-refractivity contribution in [2.75, 3.05) is 45.0 Å². The van der Waals surface area contributed by atoms with Crippen molar-refractivity contribution >= 4 is 27.4 Å². The number of hydrogen-bond donors (Lipinski definition) is 3. The molecular formula is C11H18ClN5O2S. The molecule has 0 aromatic carbocycles. The summed E-state index contributed by atoms with van der Waals surface area (Å²) in [5, 5.41) is 3.48. The zero-order valence-corrected chi connectivity index (χ0v) is 12.5. The Morgan fingerprint density at radius 1 is 1.45 bits per heavy atom. The van der Waals surface area contributed by atoms with Gasteiger partial charge in [-0.05, 0) is 6.07 Å². The van der Waals surface area contributed by atoms with Crippen LogP contribution in [0.1, 0.15) is 0 Å². The molecule has 1 aliphatic rings. The summed E-state index contributed by atoms with van der Waals surface area (Å²) in [6, 6.07) is 1.30. The van der Waals surface area contributed by atoms with Gasteiger partial charge in [-0.15, -0.1) is 0 Å². The van der Waals surface area contributed by atoms with Crippen molar-refractivity contribution in [2.45, 2.75) is 4.90 Å².